The predicted molar refractivity (Wildman–Crippen MR) is 96.0 cm³/mol. The van der Waals surface area contributed by atoms with E-state index in [1.807, 2.05) is 0 Å². The summed E-state index contributed by atoms with van der Waals surface area (Å²) in [7, 11) is -4.33. The van der Waals surface area contributed by atoms with Crippen LogP contribution in [0.25, 0.3) is 0 Å². The normalized spacial score (nSPS) is 12.4. The molecular weight excluding hydrogens is 384 g/mol. The average Bonchev–Trinajstić information content (AvgIpc) is 2.56. The molecule has 10 heteroatoms. The Labute approximate surface area is 154 Å². The molecule has 0 aromatic heterocycles. The van der Waals surface area contributed by atoms with Gasteiger partial charge in [-0.25, -0.2) is 13.2 Å². The van der Waals surface area contributed by atoms with E-state index in [2.05, 4.69) is 0 Å². The highest BCUT2D eigenvalue weighted by molar-refractivity contribution is 7.93. The maximum atomic E-state index is 13.1. The molecule has 1 unspecified atom stereocenters. The molecule has 2 rings (SSSR count). The minimum atomic E-state index is -4.33. The Morgan fingerprint density at radius 2 is 1.81 bits per heavy atom. The maximum absolute atomic E-state index is 13.1. The third-order valence-corrected chi connectivity index (χ3v) is 5.88. The minimum absolute atomic E-state index is 0.126. The Morgan fingerprint density at radius 3 is 2.31 bits per heavy atom. The molecule has 26 heavy (non-hydrogen) atoms. The summed E-state index contributed by atoms with van der Waals surface area (Å²) in [6, 6.07) is 7.44. The Balaban J connectivity index is 2.72. The second-order valence-corrected chi connectivity index (χ2v) is 7.74. The number of carboxylic acids is 1. The number of hydrogen-bond donors (Lipinski definition) is 1. The molecule has 2 aromatic rings. The SMILES string of the molecule is Cc1ccc(S(=O)(=O)N(c2cc([N+](=O)[O-])ccc2Cl)C(C)C(=O)O)cc1. The lowest BCUT2D eigenvalue weighted by Crippen LogP contribution is -2.43. The van der Waals surface area contributed by atoms with Crippen molar-refractivity contribution in [2.45, 2.75) is 24.8 Å². The van der Waals surface area contributed by atoms with E-state index in [1.54, 1.807) is 19.1 Å². The Hall–Kier alpha value is -2.65. The lowest BCUT2D eigenvalue weighted by molar-refractivity contribution is -0.384. The molecule has 0 aliphatic rings. The highest BCUT2D eigenvalue weighted by Crippen LogP contribution is 2.35. The van der Waals surface area contributed by atoms with Gasteiger partial charge in [0, 0.05) is 12.1 Å². The first kappa shape index (κ1) is 19.7. The van der Waals surface area contributed by atoms with Gasteiger partial charge >= 0.3 is 5.97 Å². The van der Waals surface area contributed by atoms with Crippen molar-refractivity contribution in [1.82, 2.24) is 0 Å². The topological polar surface area (TPSA) is 118 Å². The van der Waals surface area contributed by atoms with Crippen LogP contribution in [-0.2, 0) is 14.8 Å². The number of nitro benzene ring substituents is 1. The number of aliphatic carboxylic acids is 1. The van der Waals surface area contributed by atoms with Crippen LogP contribution in [0.3, 0.4) is 0 Å². The van der Waals surface area contributed by atoms with Crippen LogP contribution in [0.2, 0.25) is 5.02 Å². The molecule has 0 spiro atoms. The van der Waals surface area contributed by atoms with Gasteiger partial charge in [-0.2, -0.15) is 0 Å². The molecule has 1 atom stereocenters. The van der Waals surface area contributed by atoms with Crippen LogP contribution in [0.15, 0.2) is 47.4 Å². The van der Waals surface area contributed by atoms with E-state index in [0.29, 0.717) is 4.31 Å². The van der Waals surface area contributed by atoms with Gasteiger partial charge in [-0.05, 0) is 32.0 Å². The summed E-state index contributed by atoms with van der Waals surface area (Å²) in [5.74, 6) is -1.43. The summed E-state index contributed by atoms with van der Waals surface area (Å²) < 4.78 is 26.7. The molecule has 0 saturated heterocycles. The van der Waals surface area contributed by atoms with Crippen LogP contribution in [0, 0.1) is 17.0 Å². The standard InChI is InChI=1S/C16H15ClN2O6S/c1-10-3-6-13(7-4-10)26(24,25)18(11(2)16(20)21)15-9-12(19(22)23)5-8-14(15)17/h3-9,11H,1-2H3,(H,20,21). The molecule has 0 amide bonds. The number of nitro groups is 1. The lowest BCUT2D eigenvalue weighted by Gasteiger charge is -2.28. The van der Waals surface area contributed by atoms with E-state index in [-0.39, 0.29) is 15.6 Å². The van der Waals surface area contributed by atoms with Crippen molar-refractivity contribution in [1.29, 1.82) is 0 Å². The third-order valence-electron chi connectivity index (χ3n) is 3.66. The van der Waals surface area contributed by atoms with Gasteiger partial charge in [-0.1, -0.05) is 29.3 Å². The van der Waals surface area contributed by atoms with Crippen molar-refractivity contribution in [2.24, 2.45) is 0 Å². The fraction of sp³-hybridized carbons (Fsp3) is 0.188. The van der Waals surface area contributed by atoms with Crippen molar-refractivity contribution in [3.8, 4) is 0 Å². The molecular formula is C16H15ClN2O6S. The number of aryl methyl sites for hydroxylation is 1. The van der Waals surface area contributed by atoms with Crippen LogP contribution in [-0.4, -0.2) is 30.5 Å². The van der Waals surface area contributed by atoms with E-state index < -0.39 is 32.6 Å². The van der Waals surface area contributed by atoms with Crippen LogP contribution >= 0.6 is 11.6 Å². The number of carbonyl (C=O) groups is 1. The molecule has 1 N–H and O–H groups in total. The number of anilines is 1. The lowest BCUT2D eigenvalue weighted by atomic mass is 10.2. The second kappa shape index (κ2) is 7.30. The summed E-state index contributed by atoms with van der Waals surface area (Å²) >= 11 is 6.04. The number of nitrogens with zero attached hydrogens (tertiary/aromatic N) is 2. The van der Waals surface area contributed by atoms with Gasteiger partial charge in [0.1, 0.15) is 6.04 Å². The summed E-state index contributed by atoms with van der Waals surface area (Å²) in [5.41, 5.74) is 0.123. The Kier molecular flexibility index (Phi) is 5.53. The van der Waals surface area contributed by atoms with Crippen molar-refractivity contribution in [3.63, 3.8) is 0 Å². The molecule has 0 aliphatic heterocycles. The van der Waals surface area contributed by atoms with E-state index in [0.717, 1.165) is 30.7 Å². The molecule has 0 bridgehead atoms. The summed E-state index contributed by atoms with van der Waals surface area (Å²) in [6.45, 7) is 2.93. The number of rotatable bonds is 6. The van der Waals surface area contributed by atoms with Crippen molar-refractivity contribution in [3.05, 3.63) is 63.2 Å². The van der Waals surface area contributed by atoms with E-state index in [1.165, 1.54) is 12.1 Å². The number of halogens is 1. The third kappa shape index (κ3) is 3.78. The number of non-ortho nitro benzene ring substituents is 1. The predicted octanol–water partition coefficient (Wildman–Crippen LogP) is 3.23. The van der Waals surface area contributed by atoms with Crippen LogP contribution in [0.4, 0.5) is 11.4 Å². The molecule has 0 radical (unpaired) electrons. The van der Waals surface area contributed by atoms with Crippen molar-refractivity contribution in [2.75, 3.05) is 4.31 Å². The fourth-order valence-electron chi connectivity index (χ4n) is 2.25. The van der Waals surface area contributed by atoms with Gasteiger partial charge in [-0.3, -0.25) is 14.4 Å². The van der Waals surface area contributed by atoms with Gasteiger partial charge < -0.3 is 5.11 Å². The first-order valence-corrected chi connectivity index (χ1v) is 9.15. The first-order valence-electron chi connectivity index (χ1n) is 7.33. The van der Waals surface area contributed by atoms with Crippen LogP contribution in [0.5, 0.6) is 0 Å². The molecule has 8 nitrogen and oxygen atoms in total. The fourth-order valence-corrected chi connectivity index (χ4v) is 4.14. The van der Waals surface area contributed by atoms with Gasteiger partial charge in [0.2, 0.25) is 0 Å². The number of benzene rings is 2. The summed E-state index contributed by atoms with van der Waals surface area (Å²) in [6.07, 6.45) is 0. The highest BCUT2D eigenvalue weighted by Gasteiger charge is 2.35. The minimum Gasteiger partial charge on any atom is -0.480 e. The van der Waals surface area contributed by atoms with Gasteiger partial charge in [-0.15, -0.1) is 0 Å². The van der Waals surface area contributed by atoms with Gasteiger partial charge in [0.05, 0.1) is 20.5 Å². The number of carboxylic acid groups (broad SMARTS) is 1. The molecule has 2 aromatic carbocycles. The van der Waals surface area contributed by atoms with Gasteiger partial charge in [0.25, 0.3) is 15.7 Å². The average molecular weight is 399 g/mol. The molecule has 0 heterocycles. The van der Waals surface area contributed by atoms with E-state index in [9.17, 15) is 28.4 Å². The van der Waals surface area contributed by atoms with Crippen molar-refractivity contribution < 1.29 is 23.2 Å². The first-order chi connectivity index (χ1) is 12.1. The zero-order valence-electron chi connectivity index (χ0n) is 13.8. The van der Waals surface area contributed by atoms with E-state index in [4.69, 9.17) is 11.6 Å². The zero-order chi connectivity index (χ0) is 19.6. The number of sulfonamides is 1. The largest absolute Gasteiger partial charge is 0.480 e. The maximum Gasteiger partial charge on any atom is 0.327 e. The molecule has 0 fully saturated rings. The quantitative estimate of drug-likeness (QED) is 0.589. The van der Waals surface area contributed by atoms with Crippen LogP contribution < -0.4 is 4.31 Å². The zero-order valence-corrected chi connectivity index (χ0v) is 15.4. The molecule has 0 aliphatic carbocycles. The van der Waals surface area contributed by atoms with Crippen molar-refractivity contribution >= 4 is 39.0 Å². The van der Waals surface area contributed by atoms with E-state index >= 15 is 0 Å². The molecule has 0 saturated carbocycles. The Morgan fingerprint density at radius 1 is 1.23 bits per heavy atom. The second-order valence-electron chi connectivity index (χ2n) is 5.52. The summed E-state index contributed by atoms with van der Waals surface area (Å²) in [5, 5.41) is 20.3. The number of hydrogen-bond acceptors (Lipinski definition) is 5. The highest BCUT2D eigenvalue weighted by atomic mass is 35.5. The molecule has 138 valence electrons. The van der Waals surface area contributed by atoms with Gasteiger partial charge in [0.15, 0.2) is 0 Å². The monoisotopic (exact) mass is 398 g/mol. The summed E-state index contributed by atoms with van der Waals surface area (Å²) in [4.78, 5) is 21.6. The Bertz CT molecular complexity index is 959. The van der Waals surface area contributed by atoms with Crippen LogP contribution in [0.1, 0.15) is 12.5 Å². The smallest absolute Gasteiger partial charge is 0.327 e.